The van der Waals surface area contributed by atoms with Gasteiger partial charge in [-0.2, -0.15) is 0 Å². The minimum absolute atomic E-state index is 0.300. The Morgan fingerprint density at radius 2 is 1.00 bits per heavy atom. The summed E-state index contributed by atoms with van der Waals surface area (Å²) in [5.74, 6) is -5.27. The molecule has 0 bridgehead atoms. The Morgan fingerprint density at radius 3 is 1.30 bits per heavy atom. The van der Waals surface area contributed by atoms with Crippen molar-refractivity contribution in [3.8, 4) is 0 Å². The molecule has 0 amide bonds. The summed E-state index contributed by atoms with van der Waals surface area (Å²) < 4.78 is 4.33. The number of esters is 1. The Balaban J connectivity index is 3.79. The second kappa shape index (κ2) is 15.5. The molecule has 0 spiro atoms. The summed E-state index contributed by atoms with van der Waals surface area (Å²) >= 11 is 0. The Bertz CT molecular complexity index is 418. The molecule has 6 heteroatoms. The van der Waals surface area contributed by atoms with Crippen molar-refractivity contribution in [2.75, 3.05) is 7.11 Å². The van der Waals surface area contributed by atoms with E-state index in [-0.39, 0.29) is 6.42 Å². The summed E-state index contributed by atoms with van der Waals surface area (Å²) in [6.45, 7) is 2.22. The molecule has 0 unspecified atom stereocenters. The predicted molar refractivity (Wildman–Crippen MR) is 99.4 cm³/mol. The average Bonchev–Trinajstić information content (AvgIpc) is 2.64. The van der Waals surface area contributed by atoms with Crippen molar-refractivity contribution in [3.63, 3.8) is 0 Å². The SMILES string of the molecule is CCCCCCCCCCCCCCCCC(C(=O)[O-])(C(=O)[O-])C(=O)OC. The molecule has 0 atom stereocenters. The molecule has 0 aromatic carbocycles. The van der Waals surface area contributed by atoms with Crippen LogP contribution in [-0.2, 0) is 19.1 Å². The summed E-state index contributed by atoms with van der Waals surface area (Å²) in [6, 6.07) is 0. The number of hydrogen-bond donors (Lipinski definition) is 0. The maximum absolute atomic E-state index is 11.6. The van der Waals surface area contributed by atoms with Crippen LogP contribution in [0.5, 0.6) is 0 Å². The minimum Gasteiger partial charge on any atom is -0.548 e. The van der Waals surface area contributed by atoms with Gasteiger partial charge in [-0.3, -0.25) is 4.79 Å². The van der Waals surface area contributed by atoms with E-state index in [0.29, 0.717) is 12.8 Å². The van der Waals surface area contributed by atoms with Gasteiger partial charge in [0.2, 0.25) is 0 Å². The molecule has 0 heterocycles. The number of rotatable bonds is 18. The number of carboxylic acids is 2. The summed E-state index contributed by atoms with van der Waals surface area (Å²) in [5.41, 5.74) is -2.70. The van der Waals surface area contributed by atoms with Crippen molar-refractivity contribution in [1.29, 1.82) is 0 Å². The molecule has 0 aliphatic heterocycles. The smallest absolute Gasteiger partial charge is 0.323 e. The van der Waals surface area contributed by atoms with Gasteiger partial charge in [-0.05, 0) is 6.42 Å². The Morgan fingerprint density at radius 1 is 0.667 bits per heavy atom. The van der Waals surface area contributed by atoms with Crippen LogP contribution < -0.4 is 10.2 Å². The normalized spacial score (nSPS) is 11.3. The molecule has 158 valence electrons. The van der Waals surface area contributed by atoms with Crippen molar-refractivity contribution >= 4 is 17.9 Å². The molecule has 0 radical (unpaired) electrons. The zero-order valence-corrected chi connectivity index (χ0v) is 17.1. The molecule has 0 N–H and O–H groups in total. The van der Waals surface area contributed by atoms with Crippen molar-refractivity contribution in [3.05, 3.63) is 0 Å². The molecule has 0 fully saturated rings. The zero-order chi connectivity index (χ0) is 20.5. The van der Waals surface area contributed by atoms with E-state index in [1.54, 1.807) is 0 Å². The molecule has 27 heavy (non-hydrogen) atoms. The molecule has 0 rings (SSSR count). The van der Waals surface area contributed by atoms with Crippen molar-refractivity contribution in [1.82, 2.24) is 0 Å². The van der Waals surface area contributed by atoms with Gasteiger partial charge in [0.05, 0.1) is 19.0 Å². The standard InChI is InChI=1S/C21H38O6/c1-3-4-5-6-7-8-9-10-11-12-13-14-15-16-17-21(18(22)23,19(24)25)20(26)27-2/h3-17H2,1-2H3,(H,22,23)(H,24,25)/p-2. The fourth-order valence-electron chi connectivity index (χ4n) is 3.32. The first-order valence-electron chi connectivity index (χ1n) is 10.4. The number of carboxylic acid groups (broad SMARTS) is 2. The first-order chi connectivity index (χ1) is 12.9. The van der Waals surface area contributed by atoms with Gasteiger partial charge < -0.3 is 24.5 Å². The van der Waals surface area contributed by atoms with Crippen molar-refractivity contribution < 1.29 is 29.3 Å². The highest BCUT2D eigenvalue weighted by Gasteiger charge is 2.42. The topological polar surface area (TPSA) is 107 Å². The highest BCUT2D eigenvalue weighted by atomic mass is 16.5. The van der Waals surface area contributed by atoms with E-state index in [1.807, 2.05) is 0 Å². The minimum atomic E-state index is -2.70. The quantitative estimate of drug-likeness (QED) is 0.204. The Kier molecular flexibility index (Phi) is 14.6. The molecule has 0 aliphatic carbocycles. The number of aliphatic carboxylic acids is 2. The van der Waals surface area contributed by atoms with Crippen molar-refractivity contribution in [2.45, 2.75) is 103 Å². The summed E-state index contributed by atoms with van der Waals surface area (Å²) in [5, 5.41) is 22.4. The highest BCUT2D eigenvalue weighted by Crippen LogP contribution is 2.26. The lowest BCUT2D eigenvalue weighted by Gasteiger charge is -2.32. The second-order valence-electron chi connectivity index (χ2n) is 7.32. The lowest BCUT2D eigenvalue weighted by molar-refractivity contribution is -0.341. The van der Waals surface area contributed by atoms with Gasteiger partial charge in [-0.25, -0.2) is 0 Å². The molecule has 0 aromatic heterocycles. The van der Waals surface area contributed by atoms with Crippen LogP contribution in [0.1, 0.15) is 103 Å². The monoisotopic (exact) mass is 384 g/mol. The van der Waals surface area contributed by atoms with Gasteiger partial charge in [-0.15, -0.1) is 0 Å². The van der Waals surface area contributed by atoms with Gasteiger partial charge >= 0.3 is 5.97 Å². The average molecular weight is 385 g/mol. The Labute approximate surface area is 163 Å². The number of unbranched alkanes of at least 4 members (excludes halogenated alkanes) is 13. The fraction of sp³-hybridized carbons (Fsp3) is 0.857. The van der Waals surface area contributed by atoms with Crippen LogP contribution in [0, 0.1) is 5.41 Å². The van der Waals surface area contributed by atoms with Gasteiger partial charge in [0.1, 0.15) is 5.41 Å². The zero-order valence-electron chi connectivity index (χ0n) is 17.1. The van der Waals surface area contributed by atoms with Crippen LogP contribution in [-0.4, -0.2) is 25.0 Å². The number of methoxy groups -OCH3 is 1. The van der Waals surface area contributed by atoms with Gasteiger partial charge in [0.25, 0.3) is 0 Å². The third-order valence-corrected chi connectivity index (χ3v) is 5.14. The number of carbonyl (C=O) groups is 3. The number of ether oxygens (including phenoxy) is 1. The fourth-order valence-corrected chi connectivity index (χ4v) is 3.32. The van der Waals surface area contributed by atoms with Crippen LogP contribution in [0.3, 0.4) is 0 Å². The maximum atomic E-state index is 11.6. The van der Waals surface area contributed by atoms with E-state index in [1.165, 1.54) is 57.8 Å². The summed E-state index contributed by atoms with van der Waals surface area (Å²) in [6.07, 6.45) is 15.3. The van der Waals surface area contributed by atoms with E-state index in [2.05, 4.69) is 11.7 Å². The van der Waals surface area contributed by atoms with Crippen LogP contribution in [0.4, 0.5) is 0 Å². The number of hydrogen-bond acceptors (Lipinski definition) is 6. The maximum Gasteiger partial charge on any atom is 0.323 e. The molecular weight excluding hydrogens is 348 g/mol. The van der Waals surface area contributed by atoms with E-state index < -0.39 is 23.3 Å². The van der Waals surface area contributed by atoms with E-state index in [0.717, 1.165) is 26.4 Å². The van der Waals surface area contributed by atoms with Crippen LogP contribution in [0.25, 0.3) is 0 Å². The molecule has 0 saturated carbocycles. The first-order valence-corrected chi connectivity index (χ1v) is 10.4. The third kappa shape index (κ3) is 9.78. The van der Waals surface area contributed by atoms with Gasteiger partial charge in [0, 0.05) is 0 Å². The molecule has 6 nitrogen and oxygen atoms in total. The third-order valence-electron chi connectivity index (χ3n) is 5.14. The largest absolute Gasteiger partial charge is 0.548 e. The summed E-state index contributed by atoms with van der Waals surface area (Å²) in [7, 11) is 0.953. The summed E-state index contributed by atoms with van der Waals surface area (Å²) in [4.78, 5) is 34.0. The van der Waals surface area contributed by atoms with Crippen molar-refractivity contribution in [2.24, 2.45) is 5.41 Å². The van der Waals surface area contributed by atoms with Crippen LogP contribution in [0.15, 0.2) is 0 Å². The Hall–Kier alpha value is -1.59. The second-order valence-corrected chi connectivity index (χ2v) is 7.32. The first kappa shape index (κ1) is 25.4. The molecule has 0 aliphatic rings. The molecule has 0 saturated heterocycles. The highest BCUT2D eigenvalue weighted by molar-refractivity contribution is 6.15. The van der Waals surface area contributed by atoms with Crippen LogP contribution in [0.2, 0.25) is 0 Å². The van der Waals surface area contributed by atoms with E-state index in [9.17, 15) is 24.6 Å². The van der Waals surface area contributed by atoms with E-state index >= 15 is 0 Å². The van der Waals surface area contributed by atoms with E-state index in [4.69, 9.17) is 0 Å². The van der Waals surface area contributed by atoms with Crippen LogP contribution >= 0.6 is 0 Å². The van der Waals surface area contributed by atoms with Gasteiger partial charge in [-0.1, -0.05) is 96.8 Å². The lowest BCUT2D eigenvalue weighted by atomic mass is 9.82. The number of carbonyl (C=O) groups excluding carboxylic acids is 3. The molecule has 0 aromatic rings. The van der Waals surface area contributed by atoms with Gasteiger partial charge in [0.15, 0.2) is 0 Å². The predicted octanol–water partition coefficient (Wildman–Crippen LogP) is 2.52. The molecular formula is C21H36O6-2. The lowest BCUT2D eigenvalue weighted by Crippen LogP contribution is -2.58.